The number of ether oxygens (including phenoxy) is 1. The van der Waals surface area contributed by atoms with Crippen LogP contribution >= 0.6 is 23.8 Å². The summed E-state index contributed by atoms with van der Waals surface area (Å²) in [5.41, 5.74) is 6.66. The first kappa shape index (κ1) is 16.0. The third-order valence-corrected chi connectivity index (χ3v) is 2.53. The van der Waals surface area contributed by atoms with E-state index in [-0.39, 0.29) is 18.1 Å². The fraction of sp³-hybridized carbons (Fsp3) is 0.364. The summed E-state index contributed by atoms with van der Waals surface area (Å²) in [7, 11) is 0. The van der Waals surface area contributed by atoms with E-state index in [1.54, 1.807) is 18.2 Å². The van der Waals surface area contributed by atoms with E-state index >= 15 is 0 Å². The van der Waals surface area contributed by atoms with Gasteiger partial charge in [-0.3, -0.25) is 0 Å². The van der Waals surface area contributed by atoms with E-state index in [4.69, 9.17) is 29.6 Å². The zero-order chi connectivity index (χ0) is 14.5. The van der Waals surface area contributed by atoms with Gasteiger partial charge in [0.15, 0.2) is 0 Å². The number of hydrogen-bond donors (Lipinski definition) is 2. The molecule has 19 heavy (non-hydrogen) atoms. The summed E-state index contributed by atoms with van der Waals surface area (Å²) in [6, 6.07) is 4.87. The van der Waals surface area contributed by atoms with Crippen LogP contribution in [0.25, 0.3) is 0 Å². The van der Waals surface area contributed by atoms with Crippen LogP contribution < -0.4 is 11.1 Å². The van der Waals surface area contributed by atoms with Crippen LogP contribution in [0.3, 0.4) is 0 Å². The highest BCUT2D eigenvalue weighted by Crippen LogP contribution is 2.21. The Morgan fingerprint density at radius 2 is 2.11 bits per heavy atom. The quantitative estimate of drug-likeness (QED) is 0.626. The highest BCUT2D eigenvalue weighted by Gasteiger charge is 2.27. The van der Waals surface area contributed by atoms with Gasteiger partial charge in [-0.15, -0.1) is 0 Å². The van der Waals surface area contributed by atoms with Crippen LogP contribution in [0.4, 0.5) is 18.9 Å². The molecule has 1 aromatic carbocycles. The molecule has 0 spiro atoms. The van der Waals surface area contributed by atoms with Crippen LogP contribution in [-0.4, -0.2) is 30.9 Å². The third-order valence-electron chi connectivity index (χ3n) is 2.07. The van der Waals surface area contributed by atoms with Crippen molar-refractivity contribution in [2.45, 2.75) is 6.18 Å². The van der Waals surface area contributed by atoms with Crippen molar-refractivity contribution in [3.63, 3.8) is 0 Å². The average molecular weight is 313 g/mol. The van der Waals surface area contributed by atoms with Gasteiger partial charge in [0.1, 0.15) is 11.6 Å². The van der Waals surface area contributed by atoms with Crippen LogP contribution in [0.15, 0.2) is 18.2 Å². The molecule has 1 aromatic rings. The average Bonchev–Trinajstić information content (AvgIpc) is 2.26. The number of anilines is 1. The van der Waals surface area contributed by atoms with E-state index in [0.717, 1.165) is 0 Å². The molecule has 0 amide bonds. The van der Waals surface area contributed by atoms with Crippen molar-refractivity contribution in [1.82, 2.24) is 0 Å². The molecule has 0 saturated heterocycles. The highest BCUT2D eigenvalue weighted by atomic mass is 35.5. The van der Waals surface area contributed by atoms with Gasteiger partial charge < -0.3 is 15.8 Å². The fourth-order valence-electron chi connectivity index (χ4n) is 1.32. The van der Waals surface area contributed by atoms with Crippen LogP contribution in [0.1, 0.15) is 5.56 Å². The van der Waals surface area contributed by atoms with Gasteiger partial charge in [-0.05, 0) is 18.2 Å². The number of thiocarbonyl (C=S) groups is 1. The molecule has 0 unspecified atom stereocenters. The van der Waals surface area contributed by atoms with Crippen molar-refractivity contribution < 1.29 is 17.9 Å². The molecule has 0 heterocycles. The zero-order valence-electron chi connectivity index (χ0n) is 9.76. The van der Waals surface area contributed by atoms with Crippen LogP contribution in [0, 0.1) is 0 Å². The van der Waals surface area contributed by atoms with Crippen molar-refractivity contribution >= 4 is 34.5 Å². The van der Waals surface area contributed by atoms with Gasteiger partial charge in [-0.25, -0.2) is 0 Å². The minimum atomic E-state index is -4.32. The first-order valence-electron chi connectivity index (χ1n) is 5.27. The molecule has 0 aliphatic carbocycles. The maximum Gasteiger partial charge on any atom is 0.411 e. The van der Waals surface area contributed by atoms with Crippen LogP contribution in [0.2, 0.25) is 5.02 Å². The van der Waals surface area contributed by atoms with Crippen molar-refractivity contribution in [2.75, 3.05) is 25.1 Å². The molecule has 0 bridgehead atoms. The van der Waals surface area contributed by atoms with Crippen LogP contribution in [0.5, 0.6) is 0 Å². The lowest BCUT2D eigenvalue weighted by Gasteiger charge is -2.12. The summed E-state index contributed by atoms with van der Waals surface area (Å²) >= 11 is 10.7. The molecule has 0 saturated carbocycles. The van der Waals surface area contributed by atoms with Crippen LogP contribution in [-0.2, 0) is 4.74 Å². The van der Waals surface area contributed by atoms with Crippen molar-refractivity contribution in [3.05, 3.63) is 28.8 Å². The molecular formula is C11H12ClF3N2OS. The molecule has 0 aliphatic rings. The zero-order valence-corrected chi connectivity index (χ0v) is 11.3. The normalized spacial score (nSPS) is 11.4. The number of halogens is 4. The number of hydrogen-bond acceptors (Lipinski definition) is 3. The highest BCUT2D eigenvalue weighted by molar-refractivity contribution is 7.80. The second-order valence-corrected chi connectivity index (χ2v) is 4.52. The summed E-state index contributed by atoms with van der Waals surface area (Å²) in [6.45, 7) is -1.18. The van der Waals surface area contributed by atoms with Crippen molar-refractivity contribution in [3.8, 4) is 0 Å². The third kappa shape index (κ3) is 6.09. The molecule has 0 aromatic heterocycles. The van der Waals surface area contributed by atoms with Gasteiger partial charge in [-0.1, -0.05) is 23.8 Å². The van der Waals surface area contributed by atoms with Gasteiger partial charge in [0.2, 0.25) is 0 Å². The first-order chi connectivity index (χ1) is 8.79. The number of nitrogens with one attached hydrogen (secondary N) is 1. The lowest BCUT2D eigenvalue weighted by molar-refractivity contribution is -0.172. The monoisotopic (exact) mass is 312 g/mol. The topological polar surface area (TPSA) is 47.3 Å². The summed E-state index contributed by atoms with van der Waals surface area (Å²) in [5, 5.41) is 3.35. The number of alkyl halides is 3. The SMILES string of the molecule is NC(=S)c1ccc(Cl)cc1NCCOCC(F)(F)F. The lowest BCUT2D eigenvalue weighted by atomic mass is 10.2. The lowest BCUT2D eigenvalue weighted by Crippen LogP contribution is -2.21. The van der Waals surface area contributed by atoms with E-state index in [0.29, 0.717) is 16.3 Å². The summed E-state index contributed by atoms with van der Waals surface area (Å²) in [5.74, 6) is 0. The number of benzene rings is 1. The number of nitrogens with two attached hydrogens (primary N) is 1. The maximum absolute atomic E-state index is 11.8. The van der Waals surface area contributed by atoms with Gasteiger partial charge in [0.25, 0.3) is 0 Å². The Kier molecular flexibility index (Phi) is 5.84. The minimum Gasteiger partial charge on any atom is -0.389 e. The van der Waals surface area contributed by atoms with Crippen molar-refractivity contribution in [1.29, 1.82) is 0 Å². The Labute approximate surface area is 118 Å². The second kappa shape index (κ2) is 6.93. The predicted octanol–water partition coefficient (Wildman–Crippen LogP) is 2.97. The Hall–Kier alpha value is -1.05. The standard InChI is InChI=1S/C11H12ClF3N2OS/c12-7-1-2-8(10(16)19)9(5-7)17-3-4-18-6-11(13,14)15/h1-2,5,17H,3-4,6H2,(H2,16,19). The molecule has 0 fully saturated rings. The van der Waals surface area contributed by atoms with E-state index in [2.05, 4.69) is 10.1 Å². The molecule has 106 valence electrons. The maximum atomic E-state index is 11.8. The van der Waals surface area contributed by atoms with Gasteiger partial charge >= 0.3 is 6.18 Å². The van der Waals surface area contributed by atoms with Gasteiger partial charge in [0.05, 0.1) is 6.61 Å². The van der Waals surface area contributed by atoms with E-state index in [1.165, 1.54) is 0 Å². The Morgan fingerprint density at radius 3 is 2.68 bits per heavy atom. The summed E-state index contributed by atoms with van der Waals surface area (Å²) in [6.07, 6.45) is -4.32. The summed E-state index contributed by atoms with van der Waals surface area (Å²) < 4.78 is 40.0. The second-order valence-electron chi connectivity index (χ2n) is 3.65. The largest absolute Gasteiger partial charge is 0.411 e. The molecule has 3 N–H and O–H groups in total. The van der Waals surface area contributed by atoms with Gasteiger partial charge in [-0.2, -0.15) is 13.2 Å². The molecule has 1 rings (SSSR count). The molecule has 0 radical (unpaired) electrons. The summed E-state index contributed by atoms with van der Waals surface area (Å²) in [4.78, 5) is 0.176. The first-order valence-corrected chi connectivity index (χ1v) is 6.06. The molecule has 0 atom stereocenters. The molecule has 0 aliphatic heterocycles. The Morgan fingerprint density at radius 1 is 1.42 bits per heavy atom. The predicted molar refractivity (Wildman–Crippen MR) is 72.7 cm³/mol. The van der Waals surface area contributed by atoms with E-state index in [1.807, 2.05) is 0 Å². The van der Waals surface area contributed by atoms with Crippen molar-refractivity contribution in [2.24, 2.45) is 5.73 Å². The Balaban J connectivity index is 2.49. The number of rotatable bonds is 6. The Bertz CT molecular complexity index is 454. The minimum absolute atomic E-state index is 0.0944. The van der Waals surface area contributed by atoms with E-state index in [9.17, 15) is 13.2 Å². The molecular weight excluding hydrogens is 301 g/mol. The smallest absolute Gasteiger partial charge is 0.389 e. The molecule has 3 nitrogen and oxygen atoms in total. The van der Waals surface area contributed by atoms with E-state index < -0.39 is 12.8 Å². The fourth-order valence-corrected chi connectivity index (χ4v) is 1.67. The van der Waals surface area contributed by atoms with Gasteiger partial charge in [0, 0.05) is 22.8 Å². The molecule has 8 heteroatoms.